The third-order valence-electron chi connectivity index (χ3n) is 10.1. The molecule has 1 N–H and O–H groups in total. The van der Waals surface area contributed by atoms with E-state index in [-0.39, 0.29) is 53.0 Å². The molecule has 0 spiro atoms. The van der Waals surface area contributed by atoms with Crippen LogP contribution in [0.3, 0.4) is 0 Å². The van der Waals surface area contributed by atoms with Crippen LogP contribution in [0, 0.1) is 36.5 Å². The molecule has 0 aliphatic carbocycles. The quantitative estimate of drug-likeness (QED) is 0.111. The van der Waals surface area contributed by atoms with E-state index in [1.165, 1.54) is 11.1 Å². The number of benzene rings is 4. The summed E-state index contributed by atoms with van der Waals surface area (Å²) in [6, 6.07) is 35.4. The Morgan fingerprint density at radius 1 is 0.689 bits per heavy atom. The number of esters is 1. The minimum absolute atomic E-state index is 0.00694. The van der Waals surface area contributed by atoms with Gasteiger partial charge < -0.3 is 14.8 Å². The van der Waals surface area contributed by atoms with Crippen LogP contribution in [0.5, 0.6) is 5.75 Å². The predicted octanol–water partition coefficient (Wildman–Crippen LogP) is 12.8. The summed E-state index contributed by atoms with van der Waals surface area (Å²) in [7, 11) is 1.58. The second-order valence-electron chi connectivity index (χ2n) is 17.1. The molecule has 1 saturated heterocycles. The molecule has 4 aromatic carbocycles. The molecule has 5 rings (SSSR count). The van der Waals surface area contributed by atoms with Crippen molar-refractivity contribution in [3.05, 3.63) is 149 Å². The maximum absolute atomic E-state index is 11.6. The van der Waals surface area contributed by atoms with E-state index in [0.717, 1.165) is 21.9 Å². The predicted molar refractivity (Wildman–Crippen MR) is 256 cm³/mol. The number of para-hydroxylation sites is 1. The highest BCUT2D eigenvalue weighted by Gasteiger charge is 2.26. The average Bonchev–Trinajstić information content (AvgIpc) is 3.69. The van der Waals surface area contributed by atoms with Gasteiger partial charge in [0, 0.05) is 29.1 Å². The first-order chi connectivity index (χ1) is 28.6. The third-order valence-corrected chi connectivity index (χ3v) is 11.1. The number of ether oxygens (including phenoxy) is 2. The van der Waals surface area contributed by atoms with E-state index in [2.05, 4.69) is 69.9 Å². The summed E-state index contributed by atoms with van der Waals surface area (Å²) in [6.07, 6.45) is 0. The lowest BCUT2D eigenvalue weighted by Crippen LogP contribution is -2.35. The monoisotopic (exact) mass is 852 g/mol. The molecule has 1 unspecified atom stereocenters. The SMILES string of the molecule is C=C1NC(C(=O)C(C)C)CS1.CC(C)C(=O)OCc1ccccc1.CC(C)C(C)(C)c1ccccc1.COc1ccccc1C(=O)C(C)C.Cc1ccc(C(=O)C(C)C)cc1. The molecule has 8 heteroatoms. The standard InChI is InChI=1S/C12H18.2C11H14O2.C11H14O.C8H13NOS/c1-10(2)12(3,4)11-8-6-5-7-9-11;1-8(2)11(12)9-6-4-5-7-10(9)13-3;1-9(2)11(12)13-8-10-6-4-3-5-7-10;1-8(2)11(12)10-6-4-9(3)5-7-10;1-5(2)8(10)7-4-11-6(3)9-7/h5-10H,1-4H3;4-8H,1-3H3;3-7,9H,8H2,1-2H3;4-8H,1-3H3;5,7,9H,3-4H2,1-2H3. The van der Waals surface area contributed by atoms with Gasteiger partial charge in [-0.25, -0.2) is 0 Å². The number of Topliss-reactive ketones (excluding diaryl/α,β-unsaturated/α-hetero) is 3. The summed E-state index contributed by atoms with van der Waals surface area (Å²) in [5.41, 5.74) is 5.42. The Morgan fingerprint density at radius 2 is 1.20 bits per heavy atom. The second-order valence-corrected chi connectivity index (χ2v) is 18.2. The maximum Gasteiger partial charge on any atom is 0.308 e. The number of hydrogen-bond donors (Lipinski definition) is 1. The summed E-state index contributed by atoms with van der Waals surface area (Å²) >= 11 is 1.62. The molecule has 1 heterocycles. The summed E-state index contributed by atoms with van der Waals surface area (Å²) in [5.74, 6) is 2.83. The Kier molecular flexibility index (Phi) is 24.6. The van der Waals surface area contributed by atoms with Gasteiger partial charge in [0.25, 0.3) is 0 Å². The van der Waals surface area contributed by atoms with Gasteiger partial charge in [-0.05, 0) is 41.5 Å². The third kappa shape index (κ3) is 20.0. The lowest BCUT2D eigenvalue weighted by atomic mass is 9.75. The molecule has 0 radical (unpaired) electrons. The number of aryl methyl sites for hydroxylation is 1. The van der Waals surface area contributed by atoms with Gasteiger partial charge in [0.1, 0.15) is 12.4 Å². The van der Waals surface area contributed by atoms with E-state index in [1.807, 2.05) is 129 Å². The number of nitrogens with one attached hydrogen (secondary N) is 1. The van der Waals surface area contributed by atoms with Crippen LogP contribution in [0.15, 0.2) is 121 Å². The minimum atomic E-state index is -0.149. The van der Waals surface area contributed by atoms with Crippen LogP contribution >= 0.6 is 11.8 Å². The molecule has 1 aliphatic heterocycles. The van der Waals surface area contributed by atoms with Crippen LogP contribution in [0.1, 0.15) is 120 Å². The topological polar surface area (TPSA) is 98.8 Å². The lowest BCUT2D eigenvalue weighted by Gasteiger charge is -2.29. The highest BCUT2D eigenvalue weighted by atomic mass is 32.2. The molecule has 1 aliphatic rings. The molecular formula is C53H73NO6S. The Balaban J connectivity index is 0.000000382. The van der Waals surface area contributed by atoms with E-state index in [1.54, 1.807) is 31.0 Å². The van der Waals surface area contributed by atoms with Crippen molar-refractivity contribution in [2.45, 2.75) is 108 Å². The van der Waals surface area contributed by atoms with Crippen LogP contribution in [-0.4, -0.2) is 42.2 Å². The zero-order valence-corrected chi connectivity index (χ0v) is 40.2. The Hall–Kier alpha value is -4.95. The van der Waals surface area contributed by atoms with Crippen LogP contribution in [-0.2, 0) is 26.3 Å². The first kappa shape index (κ1) is 54.1. The van der Waals surface area contributed by atoms with Crippen LogP contribution in [0.2, 0.25) is 0 Å². The van der Waals surface area contributed by atoms with Crippen molar-refractivity contribution in [1.82, 2.24) is 5.32 Å². The smallest absolute Gasteiger partial charge is 0.308 e. The molecular weight excluding hydrogens is 779 g/mol. The van der Waals surface area contributed by atoms with Gasteiger partial charge in [-0.1, -0.05) is 192 Å². The molecule has 0 amide bonds. The molecule has 7 nitrogen and oxygen atoms in total. The molecule has 0 aromatic heterocycles. The molecule has 0 bridgehead atoms. The van der Waals surface area contributed by atoms with Crippen molar-refractivity contribution in [2.75, 3.05) is 12.9 Å². The van der Waals surface area contributed by atoms with Gasteiger partial charge >= 0.3 is 5.97 Å². The Labute approximate surface area is 372 Å². The Morgan fingerprint density at radius 3 is 1.64 bits per heavy atom. The summed E-state index contributed by atoms with van der Waals surface area (Å²) in [5, 5.41) is 3.97. The van der Waals surface area contributed by atoms with Crippen molar-refractivity contribution in [2.24, 2.45) is 29.6 Å². The van der Waals surface area contributed by atoms with E-state index < -0.39 is 0 Å². The van der Waals surface area contributed by atoms with Gasteiger partial charge in [-0.2, -0.15) is 0 Å². The number of thioether (sulfide) groups is 1. The van der Waals surface area contributed by atoms with Gasteiger partial charge in [0.05, 0.1) is 29.7 Å². The van der Waals surface area contributed by atoms with Crippen molar-refractivity contribution >= 4 is 35.1 Å². The van der Waals surface area contributed by atoms with E-state index in [0.29, 0.717) is 29.3 Å². The fraction of sp³-hybridized carbons (Fsp3) is 0.434. The summed E-state index contributed by atoms with van der Waals surface area (Å²) in [6.45, 7) is 30.4. The highest BCUT2D eigenvalue weighted by Crippen LogP contribution is 2.30. The molecule has 0 saturated carbocycles. The van der Waals surface area contributed by atoms with Crippen LogP contribution in [0.4, 0.5) is 0 Å². The summed E-state index contributed by atoms with van der Waals surface area (Å²) < 4.78 is 10.1. The number of hydrogen-bond acceptors (Lipinski definition) is 8. The zero-order chi connectivity index (χ0) is 46.3. The molecule has 61 heavy (non-hydrogen) atoms. The van der Waals surface area contributed by atoms with Gasteiger partial charge in [0.15, 0.2) is 17.3 Å². The zero-order valence-electron chi connectivity index (χ0n) is 39.3. The van der Waals surface area contributed by atoms with Gasteiger partial charge in [-0.3, -0.25) is 19.2 Å². The lowest BCUT2D eigenvalue weighted by molar-refractivity contribution is -0.148. The number of rotatable bonds is 12. The minimum Gasteiger partial charge on any atom is -0.496 e. The second kappa shape index (κ2) is 27.8. The number of carbonyl (C=O) groups is 4. The first-order valence-electron chi connectivity index (χ1n) is 21.3. The highest BCUT2D eigenvalue weighted by molar-refractivity contribution is 8.03. The fourth-order valence-corrected chi connectivity index (χ4v) is 6.17. The van der Waals surface area contributed by atoms with Crippen LogP contribution < -0.4 is 10.1 Å². The van der Waals surface area contributed by atoms with E-state index in [4.69, 9.17) is 9.47 Å². The molecule has 332 valence electrons. The van der Waals surface area contributed by atoms with Crippen LogP contribution in [0.25, 0.3) is 0 Å². The number of methoxy groups -OCH3 is 1. The van der Waals surface area contributed by atoms with E-state index in [9.17, 15) is 19.2 Å². The van der Waals surface area contributed by atoms with Gasteiger partial charge in [0.2, 0.25) is 0 Å². The molecule has 4 aromatic rings. The van der Waals surface area contributed by atoms with Gasteiger partial charge in [-0.15, -0.1) is 11.8 Å². The van der Waals surface area contributed by atoms with Crippen molar-refractivity contribution in [3.63, 3.8) is 0 Å². The summed E-state index contributed by atoms with van der Waals surface area (Å²) in [4.78, 5) is 45.6. The maximum atomic E-state index is 11.6. The average molecular weight is 852 g/mol. The Bertz CT molecular complexity index is 1920. The molecule has 1 atom stereocenters. The number of ketones is 3. The largest absolute Gasteiger partial charge is 0.496 e. The van der Waals surface area contributed by atoms with Crippen molar-refractivity contribution < 1.29 is 28.7 Å². The fourth-order valence-electron chi connectivity index (χ4n) is 5.32. The van der Waals surface area contributed by atoms with Crippen molar-refractivity contribution in [1.29, 1.82) is 0 Å². The molecule has 1 fully saturated rings. The first-order valence-corrected chi connectivity index (χ1v) is 22.3. The van der Waals surface area contributed by atoms with Crippen molar-refractivity contribution in [3.8, 4) is 5.75 Å². The normalized spacial score (nSPS) is 13.0. The van der Waals surface area contributed by atoms with E-state index >= 15 is 0 Å². The number of carbonyl (C=O) groups excluding carboxylic acids is 4.